The Hall–Kier alpha value is -2.19. The van der Waals surface area contributed by atoms with Crippen molar-refractivity contribution in [2.24, 2.45) is 16.7 Å². The lowest BCUT2D eigenvalue weighted by Crippen LogP contribution is -2.45. The Morgan fingerprint density at radius 1 is 1.00 bits per heavy atom. The van der Waals surface area contributed by atoms with Gasteiger partial charge in [0.25, 0.3) is 0 Å². The maximum atomic E-state index is 13.5. The van der Waals surface area contributed by atoms with E-state index in [-0.39, 0.29) is 10.8 Å². The van der Waals surface area contributed by atoms with Gasteiger partial charge in [0.2, 0.25) is 0 Å². The SMILES string of the molecule is C=CCCC(C)(C(=O)CC(C)(C)C)C1CCN(C2CCCc3cc(-c4ccccc4)ccc32)CC1. The lowest BCUT2D eigenvalue weighted by Gasteiger charge is -2.45. The van der Waals surface area contributed by atoms with Gasteiger partial charge < -0.3 is 0 Å². The Morgan fingerprint density at radius 2 is 1.71 bits per heavy atom. The smallest absolute Gasteiger partial charge is 0.139 e. The van der Waals surface area contributed by atoms with Crippen LogP contribution < -0.4 is 0 Å². The standard InChI is InChI=1S/C33H45NO/c1-6-7-20-33(5,31(35)24-32(2,3)4)28-18-21-34(22-19-28)30-15-11-14-27-23-26(16-17-29(27)30)25-12-9-8-10-13-25/h6,8-10,12-13,16-17,23,28,30H,1,7,11,14-15,18-22,24H2,2-5H3. The first-order chi connectivity index (χ1) is 16.7. The third kappa shape index (κ3) is 5.97. The third-order valence-corrected chi connectivity index (χ3v) is 8.60. The molecule has 2 aliphatic rings. The number of Topliss-reactive ketones (excluding diaryl/α,β-unsaturated/α-hetero) is 1. The quantitative estimate of drug-likeness (QED) is 0.360. The van der Waals surface area contributed by atoms with Crippen LogP contribution in [0.15, 0.2) is 61.2 Å². The van der Waals surface area contributed by atoms with Crippen LogP contribution in [0.1, 0.15) is 89.8 Å². The fraction of sp³-hybridized carbons (Fsp3) is 0.545. The molecule has 2 aromatic rings. The van der Waals surface area contributed by atoms with Crippen molar-refractivity contribution < 1.29 is 4.79 Å². The minimum absolute atomic E-state index is 0.0393. The first-order valence-electron chi connectivity index (χ1n) is 13.8. The van der Waals surface area contributed by atoms with Crippen LogP contribution in [0.5, 0.6) is 0 Å². The van der Waals surface area contributed by atoms with E-state index >= 15 is 0 Å². The van der Waals surface area contributed by atoms with Gasteiger partial charge in [-0.2, -0.15) is 0 Å². The van der Waals surface area contributed by atoms with E-state index in [4.69, 9.17) is 0 Å². The second-order valence-corrected chi connectivity index (χ2v) is 12.4. The van der Waals surface area contributed by atoms with Gasteiger partial charge in [0.1, 0.15) is 5.78 Å². The van der Waals surface area contributed by atoms with Crippen molar-refractivity contribution in [3.8, 4) is 11.1 Å². The highest BCUT2D eigenvalue weighted by Gasteiger charge is 2.43. The minimum atomic E-state index is -0.234. The molecule has 0 amide bonds. The molecule has 2 atom stereocenters. The summed E-state index contributed by atoms with van der Waals surface area (Å²) < 4.78 is 0. The van der Waals surface area contributed by atoms with Crippen molar-refractivity contribution in [2.75, 3.05) is 13.1 Å². The first-order valence-corrected chi connectivity index (χ1v) is 13.8. The zero-order valence-corrected chi connectivity index (χ0v) is 22.5. The number of carbonyl (C=O) groups is 1. The van der Waals surface area contributed by atoms with E-state index in [0.717, 1.165) is 38.8 Å². The molecule has 0 aromatic heterocycles. The molecule has 1 saturated heterocycles. The molecule has 2 nitrogen and oxygen atoms in total. The first kappa shape index (κ1) is 25.9. The normalized spacial score (nSPS) is 21.2. The highest BCUT2D eigenvalue weighted by atomic mass is 16.1. The molecule has 0 bridgehead atoms. The number of benzene rings is 2. The zero-order chi connectivity index (χ0) is 25.1. The van der Waals surface area contributed by atoms with E-state index in [1.54, 1.807) is 0 Å². The number of allylic oxidation sites excluding steroid dienone is 1. The molecule has 4 rings (SSSR count). The summed E-state index contributed by atoms with van der Waals surface area (Å²) in [4.78, 5) is 16.3. The Kier molecular flexibility index (Phi) is 8.01. The molecule has 0 radical (unpaired) electrons. The van der Waals surface area contributed by atoms with Gasteiger partial charge in [0, 0.05) is 17.9 Å². The Morgan fingerprint density at radius 3 is 2.37 bits per heavy atom. The summed E-state index contributed by atoms with van der Waals surface area (Å²) in [6.45, 7) is 15.0. The predicted octanol–water partition coefficient (Wildman–Crippen LogP) is 8.42. The average molecular weight is 472 g/mol. The lowest BCUT2D eigenvalue weighted by molar-refractivity contribution is -0.134. The van der Waals surface area contributed by atoms with E-state index in [9.17, 15) is 4.79 Å². The summed E-state index contributed by atoms with van der Waals surface area (Å²) >= 11 is 0. The fourth-order valence-electron chi connectivity index (χ4n) is 6.48. The largest absolute Gasteiger partial charge is 0.299 e. The van der Waals surface area contributed by atoms with Crippen molar-refractivity contribution in [1.29, 1.82) is 0 Å². The summed E-state index contributed by atoms with van der Waals surface area (Å²) in [5.41, 5.74) is 5.50. The van der Waals surface area contributed by atoms with Crippen molar-refractivity contribution in [3.05, 3.63) is 72.3 Å². The number of piperidine rings is 1. The van der Waals surface area contributed by atoms with Crippen LogP contribution in [0.3, 0.4) is 0 Å². The van der Waals surface area contributed by atoms with Gasteiger partial charge in [-0.3, -0.25) is 9.69 Å². The molecular formula is C33H45NO. The highest BCUT2D eigenvalue weighted by Crippen LogP contribution is 2.45. The zero-order valence-electron chi connectivity index (χ0n) is 22.5. The molecular weight excluding hydrogens is 426 g/mol. The molecule has 0 spiro atoms. The van der Waals surface area contributed by atoms with Crippen LogP contribution >= 0.6 is 0 Å². The molecule has 1 fully saturated rings. The van der Waals surface area contributed by atoms with Gasteiger partial charge in [-0.15, -0.1) is 6.58 Å². The van der Waals surface area contributed by atoms with Gasteiger partial charge in [-0.25, -0.2) is 0 Å². The van der Waals surface area contributed by atoms with E-state index in [0.29, 0.717) is 24.2 Å². The number of ketones is 1. The number of hydrogen-bond acceptors (Lipinski definition) is 2. The maximum Gasteiger partial charge on any atom is 0.139 e. The van der Waals surface area contributed by atoms with E-state index in [2.05, 4.69) is 87.7 Å². The molecule has 35 heavy (non-hydrogen) atoms. The van der Waals surface area contributed by atoms with Crippen LogP contribution in [0, 0.1) is 16.7 Å². The van der Waals surface area contributed by atoms with Crippen LogP contribution in [-0.4, -0.2) is 23.8 Å². The molecule has 1 aliphatic carbocycles. The van der Waals surface area contributed by atoms with Crippen LogP contribution in [-0.2, 0) is 11.2 Å². The summed E-state index contributed by atoms with van der Waals surface area (Å²) in [5.74, 6) is 0.929. The number of aryl methyl sites for hydroxylation is 1. The molecule has 0 N–H and O–H groups in total. The van der Waals surface area contributed by atoms with Gasteiger partial charge in [-0.1, -0.05) is 82.3 Å². The van der Waals surface area contributed by atoms with E-state index in [1.807, 2.05) is 6.08 Å². The molecule has 2 heteroatoms. The molecule has 2 aromatic carbocycles. The van der Waals surface area contributed by atoms with Crippen molar-refractivity contribution in [3.63, 3.8) is 0 Å². The molecule has 188 valence electrons. The second kappa shape index (κ2) is 10.8. The molecule has 0 saturated carbocycles. The highest BCUT2D eigenvalue weighted by molar-refractivity contribution is 5.85. The monoisotopic (exact) mass is 471 g/mol. The maximum absolute atomic E-state index is 13.5. The average Bonchev–Trinajstić information content (AvgIpc) is 2.86. The van der Waals surface area contributed by atoms with Crippen molar-refractivity contribution in [2.45, 2.75) is 85.1 Å². The topological polar surface area (TPSA) is 20.3 Å². The van der Waals surface area contributed by atoms with Crippen LogP contribution in [0.2, 0.25) is 0 Å². The fourth-order valence-corrected chi connectivity index (χ4v) is 6.48. The summed E-state index contributed by atoms with van der Waals surface area (Å²) in [5, 5.41) is 0. The Balaban J connectivity index is 1.47. The molecule has 2 unspecified atom stereocenters. The van der Waals surface area contributed by atoms with Crippen LogP contribution in [0.4, 0.5) is 0 Å². The third-order valence-electron chi connectivity index (χ3n) is 8.60. The lowest BCUT2D eigenvalue weighted by atomic mass is 9.64. The van der Waals surface area contributed by atoms with E-state index in [1.165, 1.54) is 41.5 Å². The second-order valence-electron chi connectivity index (χ2n) is 12.4. The molecule has 1 heterocycles. The number of hydrogen-bond donors (Lipinski definition) is 0. The number of likely N-dealkylation sites (tertiary alicyclic amines) is 1. The Labute approximate surface area is 213 Å². The summed E-state index contributed by atoms with van der Waals surface area (Å²) in [6.07, 6.45) is 10.5. The summed E-state index contributed by atoms with van der Waals surface area (Å²) in [6, 6.07) is 18.4. The minimum Gasteiger partial charge on any atom is -0.299 e. The van der Waals surface area contributed by atoms with Gasteiger partial charge in [0.05, 0.1) is 0 Å². The van der Waals surface area contributed by atoms with Gasteiger partial charge in [0.15, 0.2) is 0 Å². The number of fused-ring (bicyclic) bond motifs is 1. The number of nitrogens with zero attached hydrogens (tertiary/aromatic N) is 1. The van der Waals surface area contributed by atoms with E-state index < -0.39 is 0 Å². The van der Waals surface area contributed by atoms with Gasteiger partial charge in [-0.05, 0) is 91.6 Å². The summed E-state index contributed by atoms with van der Waals surface area (Å²) in [7, 11) is 0. The Bertz CT molecular complexity index is 1010. The van der Waals surface area contributed by atoms with Crippen molar-refractivity contribution >= 4 is 5.78 Å². The predicted molar refractivity (Wildman–Crippen MR) is 148 cm³/mol. The van der Waals surface area contributed by atoms with Crippen molar-refractivity contribution in [1.82, 2.24) is 4.90 Å². The van der Waals surface area contributed by atoms with Crippen LogP contribution in [0.25, 0.3) is 11.1 Å². The number of rotatable bonds is 8. The molecule has 1 aliphatic heterocycles. The van der Waals surface area contributed by atoms with Gasteiger partial charge >= 0.3 is 0 Å². The number of carbonyl (C=O) groups excluding carboxylic acids is 1.